The predicted molar refractivity (Wildman–Crippen MR) is 87.0 cm³/mol. The summed E-state index contributed by atoms with van der Waals surface area (Å²) < 4.78 is 0. The van der Waals surface area contributed by atoms with Crippen LogP contribution in [0.5, 0.6) is 0 Å². The number of urea groups is 1. The predicted octanol–water partition coefficient (Wildman–Crippen LogP) is 2.20. The molecule has 6 nitrogen and oxygen atoms in total. The van der Waals surface area contributed by atoms with Gasteiger partial charge in [0.2, 0.25) is 5.78 Å². The van der Waals surface area contributed by atoms with Gasteiger partial charge in [-0.25, -0.2) is 4.79 Å². The van der Waals surface area contributed by atoms with Crippen LogP contribution in [0.25, 0.3) is 0 Å². The lowest BCUT2D eigenvalue weighted by Gasteiger charge is -2.26. The second kappa shape index (κ2) is 5.48. The van der Waals surface area contributed by atoms with Gasteiger partial charge in [-0.15, -0.1) is 0 Å². The molecule has 2 amide bonds. The third kappa shape index (κ3) is 2.63. The summed E-state index contributed by atoms with van der Waals surface area (Å²) in [6.45, 7) is 5.25. The van der Waals surface area contributed by atoms with E-state index in [4.69, 9.17) is 16.9 Å². The Bertz CT molecular complexity index is 760. The van der Waals surface area contributed by atoms with Crippen LogP contribution in [-0.4, -0.2) is 17.5 Å². The van der Waals surface area contributed by atoms with Crippen molar-refractivity contribution in [2.24, 2.45) is 5.73 Å². The highest BCUT2D eigenvalue weighted by atomic mass is 16.2. The van der Waals surface area contributed by atoms with Crippen molar-refractivity contribution in [3.05, 3.63) is 46.7 Å². The van der Waals surface area contributed by atoms with Crippen LogP contribution in [0.4, 0.5) is 16.2 Å². The van der Waals surface area contributed by atoms with Gasteiger partial charge in [-0.1, -0.05) is 0 Å². The zero-order valence-corrected chi connectivity index (χ0v) is 12.7. The highest BCUT2D eigenvalue weighted by Gasteiger charge is 2.27. The highest BCUT2D eigenvalue weighted by Crippen LogP contribution is 2.30. The molecule has 0 fully saturated rings. The van der Waals surface area contributed by atoms with Crippen molar-refractivity contribution >= 4 is 28.9 Å². The molecule has 1 aliphatic rings. The monoisotopic (exact) mass is 298 g/mol. The number of hydrogen-bond donors (Lipinski definition) is 3. The number of nitrogens with two attached hydrogens (primary N) is 2. The summed E-state index contributed by atoms with van der Waals surface area (Å²) in [6, 6.07) is 2.65. The standard InChI is InChI=1S/C16H18N4O2/c1-8-5-13(10(3)4-11(8)17)20(16(19)22)14-7-12(18)9(2)6-15(14)21/h4-7,18H,17H2,1-3H3,(H2,19,22). The molecule has 2 rings (SSSR count). The number of nitrogens with one attached hydrogen (secondary N) is 1. The summed E-state index contributed by atoms with van der Waals surface area (Å²) in [5, 5.41) is 7.85. The molecule has 0 aromatic heterocycles. The number of primary amides is 1. The number of benzene rings is 1. The lowest BCUT2D eigenvalue weighted by atomic mass is 9.99. The van der Waals surface area contributed by atoms with Crippen LogP contribution < -0.4 is 16.4 Å². The lowest BCUT2D eigenvalue weighted by Crippen LogP contribution is -2.39. The Labute approximate surface area is 128 Å². The number of aryl methyl sites for hydroxylation is 2. The summed E-state index contributed by atoms with van der Waals surface area (Å²) >= 11 is 0. The van der Waals surface area contributed by atoms with E-state index < -0.39 is 6.03 Å². The van der Waals surface area contributed by atoms with Gasteiger partial charge in [0.25, 0.3) is 0 Å². The van der Waals surface area contributed by atoms with Crippen LogP contribution in [0, 0.1) is 19.3 Å². The number of anilines is 2. The zero-order chi connectivity index (χ0) is 16.6. The van der Waals surface area contributed by atoms with Crippen LogP contribution in [0.15, 0.2) is 35.6 Å². The van der Waals surface area contributed by atoms with Crippen LogP contribution in [0.1, 0.15) is 18.1 Å². The van der Waals surface area contributed by atoms with E-state index in [-0.39, 0.29) is 17.2 Å². The normalized spacial score (nSPS) is 14.5. The second-order valence-electron chi connectivity index (χ2n) is 5.30. The summed E-state index contributed by atoms with van der Waals surface area (Å²) in [5.74, 6) is -0.360. The van der Waals surface area contributed by atoms with Crippen LogP contribution in [0.2, 0.25) is 0 Å². The fraction of sp³-hybridized carbons (Fsp3) is 0.188. The molecule has 0 radical (unpaired) electrons. The Hall–Kier alpha value is -2.89. The number of nitrogen functional groups attached to an aromatic ring is 1. The van der Waals surface area contributed by atoms with Gasteiger partial charge in [-0.05, 0) is 61.8 Å². The zero-order valence-electron chi connectivity index (χ0n) is 12.7. The van der Waals surface area contributed by atoms with Crippen molar-refractivity contribution in [1.82, 2.24) is 0 Å². The van der Waals surface area contributed by atoms with Crippen LogP contribution in [0.3, 0.4) is 0 Å². The maximum atomic E-state index is 12.2. The van der Waals surface area contributed by atoms with E-state index in [1.54, 1.807) is 32.9 Å². The van der Waals surface area contributed by atoms with Gasteiger partial charge >= 0.3 is 6.03 Å². The summed E-state index contributed by atoms with van der Waals surface area (Å²) in [4.78, 5) is 25.3. The third-order valence-electron chi connectivity index (χ3n) is 3.59. The molecule has 0 heterocycles. The molecule has 1 aromatic rings. The van der Waals surface area contributed by atoms with Gasteiger partial charge in [0.1, 0.15) is 5.70 Å². The van der Waals surface area contributed by atoms with Crippen LogP contribution in [-0.2, 0) is 4.79 Å². The van der Waals surface area contributed by atoms with E-state index in [1.807, 2.05) is 0 Å². The van der Waals surface area contributed by atoms with Gasteiger partial charge in [0.15, 0.2) is 0 Å². The van der Waals surface area contributed by atoms with Gasteiger partial charge in [0.05, 0.1) is 11.4 Å². The molecule has 5 N–H and O–H groups in total. The summed E-state index contributed by atoms with van der Waals surface area (Å²) in [7, 11) is 0. The SMILES string of the molecule is CC1=CC(=O)C(N(C(N)=O)c2cc(C)c(N)cc2C)=CC1=N. The number of ketones is 1. The highest BCUT2D eigenvalue weighted by molar-refractivity contribution is 6.24. The fourth-order valence-corrected chi connectivity index (χ4v) is 2.28. The topological polar surface area (TPSA) is 113 Å². The molecule has 0 atom stereocenters. The van der Waals surface area contributed by atoms with Gasteiger partial charge in [-0.2, -0.15) is 0 Å². The number of nitrogens with zero attached hydrogens (tertiary/aromatic N) is 1. The van der Waals surface area contributed by atoms with Crippen molar-refractivity contribution in [2.75, 3.05) is 10.6 Å². The maximum absolute atomic E-state index is 12.2. The largest absolute Gasteiger partial charge is 0.399 e. The van der Waals surface area contributed by atoms with E-state index in [0.717, 1.165) is 10.5 Å². The molecule has 0 bridgehead atoms. The van der Waals surface area contributed by atoms with Crippen molar-refractivity contribution in [3.63, 3.8) is 0 Å². The molecule has 0 aliphatic heterocycles. The first-order valence-electron chi connectivity index (χ1n) is 6.72. The van der Waals surface area contributed by atoms with Crippen molar-refractivity contribution in [3.8, 4) is 0 Å². The van der Waals surface area contributed by atoms with E-state index in [0.29, 0.717) is 22.5 Å². The molecule has 0 unspecified atom stereocenters. The Morgan fingerprint density at radius 2 is 1.77 bits per heavy atom. The average molecular weight is 298 g/mol. The van der Waals surface area contributed by atoms with Crippen molar-refractivity contribution < 1.29 is 9.59 Å². The fourth-order valence-electron chi connectivity index (χ4n) is 2.28. The van der Waals surface area contributed by atoms with Crippen molar-refractivity contribution in [2.45, 2.75) is 20.8 Å². The maximum Gasteiger partial charge on any atom is 0.324 e. The number of amides is 2. The van der Waals surface area contributed by atoms with E-state index >= 15 is 0 Å². The lowest BCUT2D eigenvalue weighted by molar-refractivity contribution is -0.111. The first kappa shape index (κ1) is 15.5. The molecule has 114 valence electrons. The minimum absolute atomic E-state index is 0.0652. The Morgan fingerprint density at radius 3 is 2.36 bits per heavy atom. The summed E-state index contributed by atoms with van der Waals surface area (Å²) in [6.07, 6.45) is 2.68. The molecule has 6 heteroatoms. The van der Waals surface area contributed by atoms with Gasteiger partial charge in [0, 0.05) is 5.69 Å². The number of rotatable bonds is 2. The van der Waals surface area contributed by atoms with Crippen LogP contribution >= 0.6 is 0 Å². The Morgan fingerprint density at radius 1 is 1.14 bits per heavy atom. The molecular formula is C16H18N4O2. The molecule has 1 aromatic carbocycles. The first-order valence-corrected chi connectivity index (χ1v) is 6.72. The van der Waals surface area contributed by atoms with E-state index in [2.05, 4.69) is 0 Å². The second-order valence-corrected chi connectivity index (χ2v) is 5.30. The van der Waals surface area contributed by atoms with E-state index in [9.17, 15) is 9.59 Å². The number of carbonyl (C=O) groups is 2. The number of hydrogen-bond acceptors (Lipinski definition) is 4. The molecule has 1 aliphatic carbocycles. The quantitative estimate of drug-likeness (QED) is 0.574. The molecular weight excluding hydrogens is 280 g/mol. The van der Waals surface area contributed by atoms with Gasteiger partial charge < -0.3 is 16.9 Å². The minimum Gasteiger partial charge on any atom is -0.399 e. The van der Waals surface area contributed by atoms with Gasteiger partial charge in [-0.3, -0.25) is 9.69 Å². The Balaban J connectivity index is 2.61. The molecule has 0 saturated carbocycles. The average Bonchev–Trinajstić information content (AvgIpc) is 2.41. The number of allylic oxidation sites excluding steroid dienone is 3. The number of carbonyl (C=O) groups excluding carboxylic acids is 2. The first-order chi connectivity index (χ1) is 10.2. The minimum atomic E-state index is -0.785. The molecule has 0 spiro atoms. The molecule has 0 saturated heterocycles. The van der Waals surface area contributed by atoms with E-state index in [1.165, 1.54) is 12.2 Å². The van der Waals surface area contributed by atoms with Crippen molar-refractivity contribution in [1.29, 1.82) is 5.41 Å². The third-order valence-corrected chi connectivity index (χ3v) is 3.59. The summed E-state index contributed by atoms with van der Waals surface area (Å²) in [5.41, 5.74) is 14.7. The Kier molecular flexibility index (Phi) is 3.86. The smallest absolute Gasteiger partial charge is 0.324 e. The molecule has 22 heavy (non-hydrogen) atoms.